The van der Waals surface area contributed by atoms with Crippen LogP contribution in [0.4, 0.5) is 0 Å². The van der Waals surface area contributed by atoms with Crippen LogP contribution in [0.3, 0.4) is 0 Å². The van der Waals surface area contributed by atoms with Gasteiger partial charge >= 0.3 is 0 Å². The van der Waals surface area contributed by atoms with Gasteiger partial charge in [-0.1, -0.05) is 42.8 Å². The summed E-state index contributed by atoms with van der Waals surface area (Å²) in [5, 5.41) is 12.6. The van der Waals surface area contributed by atoms with Crippen LogP contribution < -0.4 is 0 Å². The number of benzene rings is 3. The first-order chi connectivity index (χ1) is 14.8. The highest BCUT2D eigenvalue weighted by molar-refractivity contribution is 6.32. The summed E-state index contributed by atoms with van der Waals surface area (Å²) in [7, 11) is 0. The predicted octanol–water partition coefficient (Wildman–Crippen LogP) is 4.70. The van der Waals surface area contributed by atoms with Crippen molar-refractivity contribution in [3.05, 3.63) is 81.4 Å². The zero-order valence-electron chi connectivity index (χ0n) is 17.9. The van der Waals surface area contributed by atoms with Crippen molar-refractivity contribution >= 4 is 22.3 Å². The first-order valence-corrected chi connectivity index (χ1v) is 10.9. The molecule has 4 heteroatoms. The van der Waals surface area contributed by atoms with E-state index in [4.69, 9.17) is 4.74 Å². The summed E-state index contributed by atoms with van der Waals surface area (Å²) >= 11 is 0. The molecule has 0 amide bonds. The number of hydrogen-bond acceptors (Lipinski definition) is 4. The van der Waals surface area contributed by atoms with Gasteiger partial charge in [0.15, 0.2) is 11.6 Å². The maximum absolute atomic E-state index is 13.8. The Morgan fingerprint density at radius 2 is 1.71 bits per heavy atom. The molecule has 6 rings (SSSR count). The molecule has 2 aliphatic carbocycles. The van der Waals surface area contributed by atoms with Crippen molar-refractivity contribution in [1.29, 1.82) is 0 Å². The van der Waals surface area contributed by atoms with Crippen LogP contribution in [0.25, 0.3) is 10.8 Å². The average molecular weight is 412 g/mol. The minimum absolute atomic E-state index is 0.0995. The molecule has 0 aromatic heterocycles. The van der Waals surface area contributed by atoms with E-state index in [0.29, 0.717) is 35.1 Å². The second-order valence-electron chi connectivity index (χ2n) is 9.74. The fraction of sp³-hybridized carbons (Fsp3) is 0.333. The van der Waals surface area contributed by atoms with E-state index in [9.17, 15) is 14.7 Å². The molecule has 2 bridgehead atoms. The normalized spacial score (nSPS) is 28.8. The standard InChI is InChI=1S/C27H24O4/c1-13-4-6-16-15(10-13)5-7-18-22(16)24(28)19-9-8-17-20(23(19)25(18)29)11-27(3)12-21(17)31-14(2)26(27)30/h4-10,14,21,26,30H,11-12H2,1-3H3/t14-,21+,26-,27+/m0/s1. The van der Waals surface area contributed by atoms with Crippen molar-refractivity contribution in [3.8, 4) is 0 Å². The number of aryl methyl sites for hydroxylation is 1. The number of ether oxygens (including phenoxy) is 1. The van der Waals surface area contributed by atoms with Gasteiger partial charge in [-0.25, -0.2) is 0 Å². The summed E-state index contributed by atoms with van der Waals surface area (Å²) in [5.41, 5.74) is 4.53. The summed E-state index contributed by atoms with van der Waals surface area (Å²) in [6, 6.07) is 13.4. The third-order valence-corrected chi connectivity index (χ3v) is 7.58. The lowest BCUT2D eigenvalue weighted by atomic mass is 9.63. The van der Waals surface area contributed by atoms with Crippen LogP contribution in [-0.2, 0) is 11.2 Å². The smallest absolute Gasteiger partial charge is 0.195 e. The highest BCUT2D eigenvalue weighted by atomic mass is 16.5. The third-order valence-electron chi connectivity index (χ3n) is 7.58. The van der Waals surface area contributed by atoms with Crippen molar-refractivity contribution in [2.75, 3.05) is 0 Å². The number of fused-ring (bicyclic) bond motifs is 9. The Morgan fingerprint density at radius 3 is 2.52 bits per heavy atom. The largest absolute Gasteiger partial charge is 0.390 e. The number of hydrogen-bond donors (Lipinski definition) is 1. The van der Waals surface area contributed by atoms with Crippen LogP contribution in [0.5, 0.6) is 0 Å². The lowest BCUT2D eigenvalue weighted by Crippen LogP contribution is -2.51. The van der Waals surface area contributed by atoms with Crippen molar-refractivity contribution in [1.82, 2.24) is 0 Å². The van der Waals surface area contributed by atoms with E-state index < -0.39 is 6.10 Å². The molecule has 4 atom stereocenters. The van der Waals surface area contributed by atoms with E-state index in [1.165, 1.54) is 0 Å². The lowest BCUT2D eigenvalue weighted by molar-refractivity contribution is -0.179. The van der Waals surface area contributed by atoms with Gasteiger partial charge in [0.2, 0.25) is 0 Å². The summed E-state index contributed by atoms with van der Waals surface area (Å²) in [4.78, 5) is 27.4. The molecule has 1 saturated heterocycles. The molecular formula is C27H24O4. The van der Waals surface area contributed by atoms with E-state index >= 15 is 0 Å². The fourth-order valence-electron chi connectivity index (χ4n) is 6.01. The monoisotopic (exact) mass is 412 g/mol. The minimum atomic E-state index is -0.610. The number of ketones is 2. The highest BCUT2D eigenvalue weighted by Gasteiger charge is 2.50. The molecule has 31 heavy (non-hydrogen) atoms. The number of carbonyl (C=O) groups is 2. The van der Waals surface area contributed by atoms with Crippen molar-refractivity contribution < 1.29 is 19.4 Å². The van der Waals surface area contributed by atoms with Gasteiger partial charge in [0.25, 0.3) is 0 Å². The Morgan fingerprint density at radius 1 is 1.00 bits per heavy atom. The van der Waals surface area contributed by atoms with Gasteiger partial charge in [0, 0.05) is 27.7 Å². The lowest BCUT2D eigenvalue weighted by Gasteiger charge is -2.50. The topological polar surface area (TPSA) is 63.6 Å². The molecule has 0 saturated carbocycles. The van der Waals surface area contributed by atoms with Gasteiger partial charge in [-0.15, -0.1) is 0 Å². The first kappa shape index (κ1) is 18.9. The Balaban J connectivity index is 1.59. The van der Waals surface area contributed by atoms with Crippen molar-refractivity contribution in [2.45, 2.75) is 51.9 Å². The molecule has 1 aliphatic heterocycles. The number of rotatable bonds is 0. The predicted molar refractivity (Wildman–Crippen MR) is 118 cm³/mol. The Labute approximate surface area is 180 Å². The molecule has 156 valence electrons. The van der Waals surface area contributed by atoms with Gasteiger partial charge < -0.3 is 9.84 Å². The Hall–Kier alpha value is -2.82. The fourth-order valence-corrected chi connectivity index (χ4v) is 6.01. The van der Waals surface area contributed by atoms with Crippen LogP contribution in [0.1, 0.15) is 74.9 Å². The molecule has 1 N–H and O–H groups in total. The van der Waals surface area contributed by atoms with Gasteiger partial charge in [0.1, 0.15) is 0 Å². The average Bonchev–Trinajstić information content (AvgIpc) is 2.74. The summed E-state index contributed by atoms with van der Waals surface area (Å²) in [6.07, 6.45) is 0.245. The molecule has 4 nitrogen and oxygen atoms in total. The molecule has 1 fully saturated rings. The maximum atomic E-state index is 13.8. The molecule has 3 aromatic carbocycles. The van der Waals surface area contributed by atoms with Gasteiger partial charge in [0.05, 0.1) is 18.3 Å². The minimum Gasteiger partial charge on any atom is -0.390 e. The van der Waals surface area contributed by atoms with E-state index in [-0.39, 0.29) is 29.2 Å². The van der Waals surface area contributed by atoms with E-state index in [1.54, 1.807) is 12.1 Å². The summed E-state index contributed by atoms with van der Waals surface area (Å²) in [5.74, 6) is -0.201. The van der Waals surface area contributed by atoms with Gasteiger partial charge in [-0.05, 0) is 60.7 Å². The second kappa shape index (κ2) is 6.12. The Kier molecular flexibility index (Phi) is 3.73. The molecule has 0 spiro atoms. The van der Waals surface area contributed by atoms with Crippen molar-refractivity contribution in [2.24, 2.45) is 5.41 Å². The maximum Gasteiger partial charge on any atom is 0.195 e. The van der Waals surface area contributed by atoms with Crippen LogP contribution in [-0.4, -0.2) is 28.9 Å². The van der Waals surface area contributed by atoms with E-state index in [2.05, 4.69) is 6.92 Å². The Bertz CT molecular complexity index is 1320. The zero-order valence-corrected chi connectivity index (χ0v) is 17.9. The van der Waals surface area contributed by atoms with Crippen LogP contribution >= 0.6 is 0 Å². The van der Waals surface area contributed by atoms with Crippen LogP contribution in [0, 0.1) is 12.3 Å². The number of aliphatic hydroxyl groups is 1. The molecule has 0 unspecified atom stereocenters. The summed E-state index contributed by atoms with van der Waals surface area (Å²) in [6.45, 7) is 5.98. The van der Waals surface area contributed by atoms with Crippen LogP contribution in [0.15, 0.2) is 42.5 Å². The van der Waals surface area contributed by atoms with E-state index in [0.717, 1.165) is 27.5 Å². The zero-order chi connectivity index (χ0) is 21.7. The quantitative estimate of drug-likeness (QED) is 0.455. The molecular weight excluding hydrogens is 388 g/mol. The molecule has 3 aromatic rings. The van der Waals surface area contributed by atoms with E-state index in [1.807, 2.05) is 44.2 Å². The third kappa shape index (κ3) is 2.43. The molecule has 3 aliphatic rings. The highest BCUT2D eigenvalue weighted by Crippen LogP contribution is 2.52. The number of aliphatic hydroxyl groups excluding tert-OH is 1. The molecule has 0 radical (unpaired) electrons. The molecule has 1 heterocycles. The SMILES string of the molecule is Cc1ccc2c3c(ccc2c1)C(=O)c1c(ccc2c1C[C@]1(C)C[C@H]2O[C@@H](C)[C@@H]1O)C3=O. The van der Waals surface area contributed by atoms with Gasteiger partial charge in [-0.2, -0.15) is 0 Å². The van der Waals surface area contributed by atoms with Crippen molar-refractivity contribution in [3.63, 3.8) is 0 Å². The van der Waals surface area contributed by atoms with Gasteiger partial charge in [-0.3, -0.25) is 9.59 Å². The first-order valence-electron chi connectivity index (χ1n) is 10.9. The number of carbonyl (C=O) groups excluding carboxylic acids is 2. The second-order valence-corrected chi connectivity index (χ2v) is 9.74. The van der Waals surface area contributed by atoms with Crippen LogP contribution in [0.2, 0.25) is 0 Å². The summed E-state index contributed by atoms with van der Waals surface area (Å²) < 4.78 is 6.11.